The van der Waals surface area contributed by atoms with Crippen LogP contribution in [0.3, 0.4) is 0 Å². The Morgan fingerprint density at radius 2 is 1.80 bits per heavy atom. The van der Waals surface area contributed by atoms with E-state index in [-0.39, 0.29) is 22.5 Å². The molecule has 3 aromatic carbocycles. The van der Waals surface area contributed by atoms with Crippen LogP contribution in [0.2, 0.25) is 0 Å². The molecule has 0 aliphatic heterocycles. The van der Waals surface area contributed by atoms with E-state index in [0.29, 0.717) is 27.8 Å². The molecule has 8 heteroatoms. The minimum atomic E-state index is -0.529. The highest BCUT2D eigenvalue weighted by molar-refractivity contribution is 6.06. The number of aryl methyl sites for hydroxylation is 1. The second kappa shape index (κ2) is 7.59. The Morgan fingerprint density at radius 1 is 1.07 bits per heavy atom. The third-order valence-corrected chi connectivity index (χ3v) is 4.70. The Morgan fingerprint density at radius 3 is 2.60 bits per heavy atom. The first kappa shape index (κ1) is 19.0. The van der Waals surface area contributed by atoms with Crippen molar-refractivity contribution in [1.82, 2.24) is 9.97 Å². The number of aromatic amines is 1. The van der Waals surface area contributed by atoms with Gasteiger partial charge in [0.15, 0.2) is 0 Å². The number of fused-ring (bicyclic) bond motifs is 1. The molecular weight excluding hydrogens is 384 g/mol. The average molecular weight is 400 g/mol. The second-order valence-corrected chi connectivity index (χ2v) is 6.69. The van der Waals surface area contributed by atoms with Gasteiger partial charge in [0.1, 0.15) is 5.69 Å². The molecule has 4 aromatic rings. The zero-order valence-corrected chi connectivity index (χ0v) is 15.9. The molecule has 1 heterocycles. The lowest BCUT2D eigenvalue weighted by atomic mass is 10.1. The topological polar surface area (TPSA) is 118 Å². The molecule has 1 amide bonds. The van der Waals surface area contributed by atoms with Crippen molar-refractivity contribution in [2.45, 2.75) is 6.92 Å². The highest BCUT2D eigenvalue weighted by Crippen LogP contribution is 2.26. The number of H-pyrrole nitrogens is 1. The van der Waals surface area contributed by atoms with E-state index in [0.717, 1.165) is 0 Å². The number of rotatable bonds is 4. The van der Waals surface area contributed by atoms with Crippen LogP contribution in [0.5, 0.6) is 0 Å². The third kappa shape index (κ3) is 3.53. The van der Waals surface area contributed by atoms with Crippen LogP contribution in [-0.2, 0) is 0 Å². The molecule has 0 aliphatic rings. The van der Waals surface area contributed by atoms with Crippen LogP contribution in [0.1, 0.15) is 15.9 Å². The van der Waals surface area contributed by atoms with E-state index < -0.39 is 10.8 Å². The Kier molecular flexibility index (Phi) is 4.81. The van der Waals surface area contributed by atoms with Crippen LogP contribution in [0, 0.1) is 17.0 Å². The quantitative estimate of drug-likeness (QED) is 0.396. The lowest BCUT2D eigenvalue weighted by Crippen LogP contribution is -2.16. The maximum atomic E-state index is 12.7. The summed E-state index contributed by atoms with van der Waals surface area (Å²) in [4.78, 5) is 43.2. The molecule has 0 saturated carbocycles. The fourth-order valence-electron chi connectivity index (χ4n) is 3.15. The van der Waals surface area contributed by atoms with Gasteiger partial charge in [0.25, 0.3) is 17.2 Å². The van der Waals surface area contributed by atoms with Crippen LogP contribution >= 0.6 is 0 Å². The van der Waals surface area contributed by atoms with Crippen molar-refractivity contribution in [2.75, 3.05) is 5.32 Å². The summed E-state index contributed by atoms with van der Waals surface area (Å²) in [6.07, 6.45) is 0. The smallest absolute Gasteiger partial charge is 0.275 e. The fourth-order valence-corrected chi connectivity index (χ4v) is 3.15. The minimum absolute atomic E-state index is 0.136. The van der Waals surface area contributed by atoms with Crippen molar-refractivity contribution in [2.24, 2.45) is 0 Å². The van der Waals surface area contributed by atoms with E-state index in [4.69, 9.17) is 0 Å². The number of carbonyl (C=O) groups is 1. The predicted octanol–water partition coefficient (Wildman–Crippen LogP) is 4.06. The molecule has 0 saturated heterocycles. The largest absolute Gasteiger partial charge is 0.321 e. The molecule has 148 valence electrons. The maximum Gasteiger partial charge on any atom is 0.275 e. The first-order valence-electron chi connectivity index (χ1n) is 9.09. The van der Waals surface area contributed by atoms with Crippen molar-refractivity contribution >= 4 is 28.3 Å². The molecule has 2 N–H and O–H groups in total. The summed E-state index contributed by atoms with van der Waals surface area (Å²) in [7, 11) is 0. The Bertz CT molecular complexity index is 1360. The summed E-state index contributed by atoms with van der Waals surface area (Å²) in [6.45, 7) is 1.60. The molecular formula is C22H16N4O4. The minimum Gasteiger partial charge on any atom is -0.321 e. The Labute approximate surface area is 170 Å². The summed E-state index contributed by atoms with van der Waals surface area (Å²) in [5.41, 5.74) is 2.29. The number of nitro benzene ring substituents is 1. The van der Waals surface area contributed by atoms with Gasteiger partial charge in [0.2, 0.25) is 0 Å². The van der Waals surface area contributed by atoms with E-state index in [1.807, 2.05) is 6.07 Å². The second-order valence-electron chi connectivity index (χ2n) is 6.69. The van der Waals surface area contributed by atoms with Crippen molar-refractivity contribution in [3.8, 4) is 11.3 Å². The number of benzene rings is 3. The number of nitro groups is 1. The van der Waals surface area contributed by atoms with Crippen molar-refractivity contribution in [3.05, 3.63) is 98.3 Å². The van der Waals surface area contributed by atoms with Gasteiger partial charge in [-0.05, 0) is 31.2 Å². The highest BCUT2D eigenvalue weighted by atomic mass is 16.6. The van der Waals surface area contributed by atoms with E-state index in [1.165, 1.54) is 18.2 Å². The number of aromatic nitrogens is 2. The lowest BCUT2D eigenvalue weighted by Gasteiger charge is -2.11. The average Bonchev–Trinajstić information content (AvgIpc) is 2.74. The zero-order chi connectivity index (χ0) is 21.3. The monoisotopic (exact) mass is 400 g/mol. The maximum absolute atomic E-state index is 12.7. The van der Waals surface area contributed by atoms with Gasteiger partial charge < -0.3 is 10.3 Å². The van der Waals surface area contributed by atoms with Gasteiger partial charge in [-0.15, -0.1) is 0 Å². The summed E-state index contributed by atoms with van der Waals surface area (Å²) >= 11 is 0. The van der Waals surface area contributed by atoms with Gasteiger partial charge >= 0.3 is 0 Å². The number of hydrogen-bond acceptors (Lipinski definition) is 5. The number of para-hydroxylation sites is 3. The SMILES string of the molecule is Cc1ccc(C(=O)Nc2ccccc2-c2nc3ccccc3[nH]c2=O)cc1[N+](=O)[O-]. The third-order valence-electron chi connectivity index (χ3n) is 4.70. The van der Waals surface area contributed by atoms with Crippen LogP contribution in [0.15, 0.2) is 71.5 Å². The molecule has 0 radical (unpaired) electrons. The summed E-state index contributed by atoms with van der Waals surface area (Å²) in [5.74, 6) is -0.525. The molecule has 0 aliphatic carbocycles. The predicted molar refractivity (Wildman–Crippen MR) is 114 cm³/mol. The fraction of sp³-hybridized carbons (Fsp3) is 0.0455. The van der Waals surface area contributed by atoms with Crippen molar-refractivity contribution in [3.63, 3.8) is 0 Å². The molecule has 1 aromatic heterocycles. The van der Waals surface area contributed by atoms with Crippen LogP contribution in [0.25, 0.3) is 22.3 Å². The number of nitrogens with one attached hydrogen (secondary N) is 2. The van der Waals surface area contributed by atoms with Crippen LogP contribution in [-0.4, -0.2) is 20.8 Å². The van der Waals surface area contributed by atoms with Crippen molar-refractivity contribution in [1.29, 1.82) is 0 Å². The summed E-state index contributed by atoms with van der Waals surface area (Å²) in [5, 5.41) is 13.9. The normalized spacial score (nSPS) is 10.7. The van der Waals surface area contributed by atoms with Crippen molar-refractivity contribution < 1.29 is 9.72 Å². The number of nitrogens with zero attached hydrogens (tertiary/aromatic N) is 2. The summed E-state index contributed by atoms with van der Waals surface area (Å²) < 4.78 is 0. The van der Waals surface area contributed by atoms with E-state index >= 15 is 0 Å². The van der Waals surface area contributed by atoms with Gasteiger partial charge in [-0.1, -0.05) is 36.4 Å². The molecule has 0 atom stereocenters. The number of carbonyl (C=O) groups excluding carboxylic acids is 1. The number of amides is 1. The number of hydrogen-bond donors (Lipinski definition) is 2. The van der Waals surface area contributed by atoms with E-state index in [1.54, 1.807) is 49.4 Å². The van der Waals surface area contributed by atoms with Gasteiger partial charge in [-0.25, -0.2) is 4.98 Å². The first-order valence-corrected chi connectivity index (χ1v) is 9.09. The molecule has 0 bridgehead atoms. The molecule has 0 fully saturated rings. The standard InChI is InChI=1S/C22H16N4O4/c1-13-10-11-14(12-19(13)26(29)30)21(27)24-16-7-3-2-6-15(16)20-22(28)25-18-9-5-4-8-17(18)23-20/h2-12H,1H3,(H,24,27)(H,25,28). The van der Waals surface area contributed by atoms with Gasteiger partial charge in [-0.3, -0.25) is 19.7 Å². The molecule has 0 unspecified atom stereocenters. The molecule has 8 nitrogen and oxygen atoms in total. The number of anilines is 1. The highest BCUT2D eigenvalue weighted by Gasteiger charge is 2.17. The van der Waals surface area contributed by atoms with Crippen LogP contribution in [0.4, 0.5) is 11.4 Å². The Hall–Kier alpha value is -4.33. The molecule has 30 heavy (non-hydrogen) atoms. The van der Waals surface area contributed by atoms with Gasteiger partial charge in [-0.2, -0.15) is 0 Å². The Balaban J connectivity index is 1.74. The summed E-state index contributed by atoms with van der Waals surface area (Å²) in [6, 6.07) is 18.2. The van der Waals surface area contributed by atoms with Crippen LogP contribution < -0.4 is 10.9 Å². The zero-order valence-electron chi connectivity index (χ0n) is 15.9. The first-order chi connectivity index (χ1) is 14.4. The lowest BCUT2D eigenvalue weighted by molar-refractivity contribution is -0.385. The van der Waals surface area contributed by atoms with Gasteiger partial charge in [0, 0.05) is 22.8 Å². The van der Waals surface area contributed by atoms with Gasteiger partial charge in [0.05, 0.1) is 21.6 Å². The molecule has 0 spiro atoms. The molecule has 4 rings (SSSR count). The van der Waals surface area contributed by atoms with E-state index in [9.17, 15) is 19.7 Å². The van der Waals surface area contributed by atoms with E-state index in [2.05, 4.69) is 15.3 Å².